The van der Waals surface area contributed by atoms with Gasteiger partial charge >= 0.3 is 6.16 Å². The quantitative estimate of drug-likeness (QED) is 0.408. The van der Waals surface area contributed by atoms with Crippen molar-refractivity contribution in [2.45, 2.75) is 58.0 Å². The van der Waals surface area contributed by atoms with Gasteiger partial charge in [-0.15, -0.1) is 5.06 Å². The largest absolute Gasteiger partial charge is 0.528 e. The molecule has 0 saturated carbocycles. The first-order valence-electron chi connectivity index (χ1n) is 12.9. The molecule has 0 aliphatic carbocycles. The van der Waals surface area contributed by atoms with Gasteiger partial charge in [0.15, 0.2) is 0 Å². The highest BCUT2D eigenvalue weighted by Gasteiger charge is 2.34. The van der Waals surface area contributed by atoms with Gasteiger partial charge in [-0.1, -0.05) is 54.6 Å². The first-order chi connectivity index (χ1) is 18.3. The fraction of sp³-hybridized carbons (Fsp3) is 0.367. The maximum absolute atomic E-state index is 12.5. The topological polar surface area (TPSA) is 90.0 Å². The summed E-state index contributed by atoms with van der Waals surface area (Å²) >= 11 is 0. The third-order valence-electron chi connectivity index (χ3n) is 6.28. The van der Waals surface area contributed by atoms with E-state index >= 15 is 0 Å². The number of hydrogen-bond acceptors (Lipinski definition) is 7. The molecule has 1 amide bonds. The van der Waals surface area contributed by atoms with Crippen molar-refractivity contribution in [3.63, 3.8) is 0 Å². The molecular weight excluding hydrogens is 482 g/mol. The molecule has 1 aliphatic rings. The van der Waals surface area contributed by atoms with Crippen LogP contribution in [0.3, 0.4) is 0 Å². The molecule has 1 N–H and O–H groups in total. The van der Waals surface area contributed by atoms with Crippen molar-refractivity contribution in [2.75, 3.05) is 13.1 Å². The van der Waals surface area contributed by atoms with Crippen LogP contribution in [0.1, 0.15) is 60.2 Å². The van der Waals surface area contributed by atoms with E-state index in [0.29, 0.717) is 31.8 Å². The third kappa shape index (κ3) is 7.87. The van der Waals surface area contributed by atoms with Crippen LogP contribution >= 0.6 is 0 Å². The smallest absolute Gasteiger partial charge is 0.427 e. The predicted octanol–water partition coefficient (Wildman–Crippen LogP) is 5.25. The van der Waals surface area contributed by atoms with E-state index in [4.69, 9.17) is 14.3 Å². The van der Waals surface area contributed by atoms with E-state index in [1.54, 1.807) is 50.4 Å². The molecule has 2 heterocycles. The summed E-state index contributed by atoms with van der Waals surface area (Å²) in [5.74, 6) is -0.0349. The Kier molecular flexibility index (Phi) is 9.10. The minimum atomic E-state index is -0.718. The summed E-state index contributed by atoms with van der Waals surface area (Å²) < 4.78 is 11.8. The van der Waals surface area contributed by atoms with Gasteiger partial charge in [-0.2, -0.15) is 0 Å². The molecule has 2 atom stereocenters. The number of ether oxygens (including phenoxy) is 2. The number of piperidine rings is 1. The van der Waals surface area contributed by atoms with Gasteiger partial charge in [0.1, 0.15) is 5.60 Å². The molecule has 1 aromatic heterocycles. The van der Waals surface area contributed by atoms with Crippen LogP contribution in [0.25, 0.3) is 0 Å². The van der Waals surface area contributed by atoms with Crippen molar-refractivity contribution < 1.29 is 23.9 Å². The highest BCUT2D eigenvalue weighted by atomic mass is 16.8. The number of pyridine rings is 1. The predicted molar refractivity (Wildman–Crippen MR) is 143 cm³/mol. The van der Waals surface area contributed by atoms with Gasteiger partial charge < -0.3 is 19.6 Å². The summed E-state index contributed by atoms with van der Waals surface area (Å²) in [5, 5.41) is 4.58. The van der Waals surface area contributed by atoms with Gasteiger partial charge in [0, 0.05) is 31.4 Å². The van der Waals surface area contributed by atoms with Crippen molar-refractivity contribution in [1.82, 2.24) is 15.4 Å². The number of nitrogens with one attached hydrogen (secondary N) is 1. The van der Waals surface area contributed by atoms with Crippen molar-refractivity contribution in [1.29, 1.82) is 0 Å². The number of carbonyl (C=O) groups excluding carboxylic acids is 2. The van der Waals surface area contributed by atoms with Crippen molar-refractivity contribution in [2.24, 2.45) is 0 Å². The number of amides is 1. The Bertz CT molecular complexity index is 1200. The molecule has 1 aliphatic heterocycles. The Morgan fingerprint density at radius 2 is 1.74 bits per heavy atom. The molecule has 2 unspecified atom stereocenters. The molecular formula is C30H35N3O5. The third-order valence-corrected chi connectivity index (χ3v) is 6.28. The molecule has 0 spiro atoms. The maximum atomic E-state index is 12.5. The van der Waals surface area contributed by atoms with E-state index in [2.05, 4.69) is 22.4 Å². The number of carbonyl (C=O) groups is 2. The van der Waals surface area contributed by atoms with Gasteiger partial charge in [-0.25, -0.2) is 4.79 Å². The average Bonchev–Trinajstić information content (AvgIpc) is 2.91. The molecule has 8 heteroatoms. The second kappa shape index (κ2) is 12.7. The fourth-order valence-corrected chi connectivity index (χ4v) is 4.44. The van der Waals surface area contributed by atoms with Crippen LogP contribution in [0.4, 0.5) is 4.79 Å². The monoisotopic (exact) mass is 517 g/mol. The van der Waals surface area contributed by atoms with E-state index in [1.165, 1.54) is 5.56 Å². The van der Waals surface area contributed by atoms with Gasteiger partial charge in [0.05, 0.1) is 24.8 Å². The van der Waals surface area contributed by atoms with Crippen LogP contribution in [0, 0.1) is 0 Å². The lowest BCUT2D eigenvalue weighted by Crippen LogP contribution is -2.45. The van der Waals surface area contributed by atoms with Gasteiger partial charge in [0.25, 0.3) is 5.91 Å². The van der Waals surface area contributed by atoms with Crippen molar-refractivity contribution >= 4 is 12.1 Å². The Morgan fingerprint density at radius 3 is 2.45 bits per heavy atom. The number of aromatic nitrogens is 1. The molecule has 1 saturated heterocycles. The number of nitrogens with zero attached hydrogens (tertiary/aromatic N) is 2. The Morgan fingerprint density at radius 1 is 1.00 bits per heavy atom. The zero-order chi connectivity index (χ0) is 27.0. The zero-order valence-electron chi connectivity index (χ0n) is 22.1. The normalized spacial score (nSPS) is 18.0. The minimum Gasteiger partial charge on any atom is -0.427 e. The Labute approximate surface area is 223 Å². The van der Waals surface area contributed by atoms with E-state index in [0.717, 1.165) is 17.5 Å². The maximum Gasteiger partial charge on any atom is 0.528 e. The second-order valence-corrected chi connectivity index (χ2v) is 10.3. The highest BCUT2D eigenvalue weighted by Crippen LogP contribution is 2.31. The van der Waals surface area contributed by atoms with Crippen LogP contribution in [0.2, 0.25) is 0 Å². The summed E-state index contributed by atoms with van der Waals surface area (Å²) in [5.41, 5.74) is 3.02. The first-order valence-corrected chi connectivity index (χ1v) is 12.9. The minimum absolute atomic E-state index is 0.145. The van der Waals surface area contributed by atoms with E-state index < -0.39 is 11.8 Å². The number of hydrogen-bond donors (Lipinski definition) is 1. The lowest BCUT2D eigenvalue weighted by Gasteiger charge is -2.37. The molecule has 200 valence electrons. The Balaban J connectivity index is 1.43. The second-order valence-electron chi connectivity index (χ2n) is 10.3. The van der Waals surface area contributed by atoms with Crippen LogP contribution in [0.5, 0.6) is 0 Å². The van der Waals surface area contributed by atoms with E-state index in [-0.39, 0.29) is 17.9 Å². The first kappa shape index (κ1) is 27.3. The summed E-state index contributed by atoms with van der Waals surface area (Å²) in [7, 11) is 0. The van der Waals surface area contributed by atoms with Gasteiger partial charge in [-0.05, 0) is 56.0 Å². The van der Waals surface area contributed by atoms with Crippen LogP contribution in [0.15, 0.2) is 79.1 Å². The highest BCUT2D eigenvalue weighted by molar-refractivity contribution is 5.93. The molecule has 0 radical (unpaired) electrons. The average molecular weight is 518 g/mol. The molecule has 3 aromatic rings. The van der Waals surface area contributed by atoms with Crippen molar-refractivity contribution in [3.8, 4) is 0 Å². The lowest BCUT2D eigenvalue weighted by atomic mass is 9.87. The lowest BCUT2D eigenvalue weighted by molar-refractivity contribution is -0.179. The van der Waals surface area contributed by atoms with Gasteiger partial charge in [-0.3, -0.25) is 9.78 Å². The summed E-state index contributed by atoms with van der Waals surface area (Å²) in [6, 6.07) is 21.6. The SMILES string of the molecule is CC(C)(C)OC(=O)ON1CCC(c2ccccc2)C(OCc2ccccc2CNC(=O)c2cccnc2)C1. The molecule has 4 rings (SSSR count). The Hall–Kier alpha value is -3.75. The van der Waals surface area contributed by atoms with Crippen molar-refractivity contribution in [3.05, 3.63) is 101 Å². The summed E-state index contributed by atoms with van der Waals surface area (Å²) in [6.07, 6.45) is 3.01. The van der Waals surface area contributed by atoms with E-state index in [9.17, 15) is 9.59 Å². The van der Waals surface area contributed by atoms with E-state index in [1.807, 2.05) is 42.5 Å². The van der Waals surface area contributed by atoms with Crippen LogP contribution in [-0.4, -0.2) is 46.9 Å². The molecule has 1 fully saturated rings. The molecule has 2 aromatic carbocycles. The standard InChI is InChI=1S/C30H35N3O5/c1-30(2,3)37-29(35)38-33-17-15-26(22-10-5-4-6-11-22)27(20-33)36-21-25-13-8-7-12-23(25)19-32-28(34)24-14-9-16-31-18-24/h4-14,16,18,26-27H,15,17,19-21H2,1-3H3,(H,32,34). The number of rotatable bonds is 8. The van der Waals surface area contributed by atoms with Gasteiger partial charge in [0.2, 0.25) is 0 Å². The zero-order valence-corrected chi connectivity index (χ0v) is 22.1. The summed E-state index contributed by atoms with van der Waals surface area (Å²) in [6.45, 7) is 7.13. The number of benzene rings is 2. The molecule has 8 nitrogen and oxygen atoms in total. The fourth-order valence-electron chi connectivity index (χ4n) is 4.44. The summed E-state index contributed by atoms with van der Waals surface area (Å²) in [4.78, 5) is 34.3. The number of hydroxylamine groups is 2. The van der Waals surface area contributed by atoms with Crippen LogP contribution < -0.4 is 5.32 Å². The molecule has 0 bridgehead atoms. The molecule has 38 heavy (non-hydrogen) atoms. The van der Waals surface area contributed by atoms with Crippen LogP contribution in [-0.2, 0) is 27.5 Å².